The van der Waals surface area contributed by atoms with Gasteiger partial charge in [0.25, 0.3) is 5.56 Å². The maximum absolute atomic E-state index is 13.3. The zero-order chi connectivity index (χ0) is 23.8. The Hall–Kier alpha value is -2.81. The van der Waals surface area contributed by atoms with Crippen molar-refractivity contribution in [3.05, 3.63) is 80.7 Å². The fraction of sp³-hybridized carbons (Fsp3) is 0.217. The van der Waals surface area contributed by atoms with Crippen molar-refractivity contribution in [3.63, 3.8) is 0 Å². The van der Waals surface area contributed by atoms with Crippen LogP contribution in [0, 0.1) is 0 Å². The normalized spacial score (nSPS) is 11.9. The van der Waals surface area contributed by atoms with Gasteiger partial charge in [0.2, 0.25) is 0 Å². The van der Waals surface area contributed by atoms with E-state index in [-0.39, 0.29) is 18.5 Å². The highest BCUT2D eigenvalue weighted by molar-refractivity contribution is 6.33. The van der Waals surface area contributed by atoms with Crippen molar-refractivity contribution in [2.45, 2.75) is 12.6 Å². The van der Waals surface area contributed by atoms with Crippen LogP contribution in [-0.2, 0) is 13.5 Å². The third kappa shape index (κ3) is 4.78. The molecule has 4 rings (SSSR count). The van der Waals surface area contributed by atoms with E-state index >= 15 is 0 Å². The molecule has 0 radical (unpaired) electrons. The van der Waals surface area contributed by atoms with E-state index in [4.69, 9.17) is 23.2 Å². The van der Waals surface area contributed by atoms with Gasteiger partial charge in [-0.15, -0.1) is 0 Å². The van der Waals surface area contributed by atoms with Gasteiger partial charge in [-0.1, -0.05) is 53.5 Å². The van der Waals surface area contributed by atoms with Crippen LogP contribution in [0.3, 0.4) is 0 Å². The van der Waals surface area contributed by atoms with Crippen molar-refractivity contribution >= 4 is 28.8 Å². The van der Waals surface area contributed by atoms with Crippen LogP contribution in [0.2, 0.25) is 10.0 Å². The predicted molar refractivity (Wildman–Crippen MR) is 124 cm³/mol. The number of halogens is 5. The molecule has 1 N–H and O–H groups in total. The maximum atomic E-state index is 13.3. The van der Waals surface area contributed by atoms with E-state index in [1.807, 2.05) is 30.3 Å². The summed E-state index contributed by atoms with van der Waals surface area (Å²) in [7, 11) is 1.72. The summed E-state index contributed by atoms with van der Waals surface area (Å²) in [6, 6.07) is 14.4. The largest absolute Gasteiger partial charge is 0.401 e. The number of benzene rings is 2. The van der Waals surface area contributed by atoms with Gasteiger partial charge < -0.3 is 5.32 Å². The van der Waals surface area contributed by atoms with Crippen molar-refractivity contribution in [1.82, 2.24) is 19.5 Å². The van der Waals surface area contributed by atoms with Gasteiger partial charge in [-0.2, -0.15) is 17.7 Å². The van der Waals surface area contributed by atoms with E-state index in [2.05, 4.69) is 10.3 Å². The lowest BCUT2D eigenvalue weighted by molar-refractivity contribution is -0.124. The summed E-state index contributed by atoms with van der Waals surface area (Å²) in [5.41, 5.74) is 3.23. The Morgan fingerprint density at radius 2 is 1.76 bits per heavy atom. The standard InChI is InChI=1S/C23H19Cl2F3N4O/c1-31-20(17-4-2-3-5-18(17)25)19(14-6-8-16(24)9-7-14)21-30-12-15(22(33)32(21)31)10-11-29-13-23(26,27)28/h2-9,12,29H,10-11,13H2,1H3. The number of nitrogens with one attached hydrogen (secondary N) is 1. The Morgan fingerprint density at radius 1 is 1.06 bits per heavy atom. The Bertz CT molecular complexity index is 1360. The minimum absolute atomic E-state index is 0.00562. The first kappa shape index (κ1) is 23.4. The summed E-state index contributed by atoms with van der Waals surface area (Å²) < 4.78 is 40.2. The average Bonchev–Trinajstić information content (AvgIpc) is 3.05. The molecular weight excluding hydrogens is 476 g/mol. The Morgan fingerprint density at radius 3 is 2.42 bits per heavy atom. The van der Waals surface area contributed by atoms with Gasteiger partial charge in [0, 0.05) is 34.4 Å². The van der Waals surface area contributed by atoms with E-state index in [0.717, 1.165) is 5.56 Å². The van der Waals surface area contributed by atoms with Crippen molar-refractivity contribution in [2.75, 3.05) is 13.1 Å². The van der Waals surface area contributed by atoms with Crippen LogP contribution in [0.4, 0.5) is 13.2 Å². The summed E-state index contributed by atoms with van der Waals surface area (Å²) >= 11 is 12.6. The first-order valence-electron chi connectivity index (χ1n) is 10.1. The van der Waals surface area contributed by atoms with E-state index in [9.17, 15) is 18.0 Å². The number of nitrogens with zero attached hydrogens (tertiary/aromatic N) is 3. The molecule has 0 atom stereocenters. The molecule has 0 amide bonds. The van der Waals surface area contributed by atoms with Gasteiger partial charge in [0.15, 0.2) is 5.65 Å². The molecular formula is C23H19Cl2F3N4O. The van der Waals surface area contributed by atoms with Crippen molar-refractivity contribution in [1.29, 1.82) is 0 Å². The number of hydrogen-bond donors (Lipinski definition) is 1. The van der Waals surface area contributed by atoms with E-state index in [1.54, 1.807) is 29.9 Å². The molecule has 0 aliphatic carbocycles. The minimum atomic E-state index is -4.31. The van der Waals surface area contributed by atoms with Crippen LogP contribution in [0.15, 0.2) is 59.5 Å². The number of fused-ring (bicyclic) bond motifs is 1. The van der Waals surface area contributed by atoms with E-state index in [1.165, 1.54) is 10.7 Å². The van der Waals surface area contributed by atoms with E-state index < -0.39 is 12.7 Å². The molecule has 0 unspecified atom stereocenters. The summed E-state index contributed by atoms with van der Waals surface area (Å²) in [5.74, 6) is 0. The van der Waals surface area contributed by atoms with Gasteiger partial charge in [0.05, 0.1) is 17.8 Å². The number of alkyl halides is 3. The van der Waals surface area contributed by atoms with Gasteiger partial charge in [-0.3, -0.25) is 9.48 Å². The van der Waals surface area contributed by atoms with Crippen LogP contribution in [0.1, 0.15) is 5.56 Å². The molecule has 2 aromatic heterocycles. The Kier molecular flexibility index (Phi) is 6.52. The van der Waals surface area contributed by atoms with E-state index in [0.29, 0.717) is 38.1 Å². The molecule has 33 heavy (non-hydrogen) atoms. The zero-order valence-electron chi connectivity index (χ0n) is 17.5. The molecule has 0 saturated heterocycles. The first-order chi connectivity index (χ1) is 15.7. The Labute approximate surface area is 197 Å². The third-order valence-corrected chi connectivity index (χ3v) is 5.83. The molecule has 5 nitrogen and oxygen atoms in total. The van der Waals surface area contributed by atoms with Crippen LogP contribution in [0.5, 0.6) is 0 Å². The molecule has 10 heteroatoms. The lowest BCUT2D eigenvalue weighted by Gasteiger charge is -2.09. The molecule has 0 saturated carbocycles. The number of aryl methyl sites for hydroxylation is 1. The lowest BCUT2D eigenvalue weighted by Crippen LogP contribution is -2.32. The number of aromatic nitrogens is 3. The average molecular weight is 495 g/mol. The minimum Gasteiger partial charge on any atom is -0.308 e. The molecule has 172 valence electrons. The molecule has 0 aliphatic heterocycles. The third-order valence-electron chi connectivity index (χ3n) is 5.25. The van der Waals surface area contributed by atoms with Gasteiger partial charge in [0.1, 0.15) is 0 Å². The number of rotatable bonds is 6. The molecule has 0 fully saturated rings. The second kappa shape index (κ2) is 9.21. The van der Waals surface area contributed by atoms with Crippen LogP contribution < -0.4 is 10.9 Å². The molecule has 2 heterocycles. The van der Waals surface area contributed by atoms with Gasteiger partial charge in [-0.05, 0) is 36.7 Å². The van der Waals surface area contributed by atoms with Crippen LogP contribution >= 0.6 is 23.2 Å². The second-order valence-electron chi connectivity index (χ2n) is 7.50. The van der Waals surface area contributed by atoms with Crippen LogP contribution in [-0.4, -0.2) is 33.4 Å². The second-order valence-corrected chi connectivity index (χ2v) is 8.34. The fourth-order valence-electron chi connectivity index (χ4n) is 3.77. The summed E-state index contributed by atoms with van der Waals surface area (Å²) in [5, 5.41) is 3.38. The highest BCUT2D eigenvalue weighted by Crippen LogP contribution is 2.38. The molecule has 0 spiro atoms. The highest BCUT2D eigenvalue weighted by atomic mass is 35.5. The van der Waals surface area contributed by atoms with Gasteiger partial charge in [-0.25, -0.2) is 4.98 Å². The van der Waals surface area contributed by atoms with Gasteiger partial charge >= 0.3 is 6.18 Å². The molecule has 0 aliphatic rings. The lowest BCUT2D eigenvalue weighted by atomic mass is 10.0. The SMILES string of the molecule is Cn1c(-c2ccccc2Cl)c(-c2ccc(Cl)cc2)c2ncc(CCNCC(F)(F)F)c(=O)n21. The Balaban J connectivity index is 1.87. The predicted octanol–water partition coefficient (Wildman–Crippen LogP) is 5.37. The topological polar surface area (TPSA) is 51.3 Å². The number of hydrogen-bond acceptors (Lipinski definition) is 3. The summed E-state index contributed by atoms with van der Waals surface area (Å²) in [6.07, 6.45) is -2.79. The highest BCUT2D eigenvalue weighted by Gasteiger charge is 2.26. The van der Waals surface area contributed by atoms with Crippen molar-refractivity contribution in [2.24, 2.45) is 7.05 Å². The quantitative estimate of drug-likeness (QED) is 0.366. The van der Waals surface area contributed by atoms with Crippen molar-refractivity contribution < 1.29 is 13.2 Å². The zero-order valence-corrected chi connectivity index (χ0v) is 19.0. The maximum Gasteiger partial charge on any atom is 0.401 e. The first-order valence-corrected chi connectivity index (χ1v) is 10.8. The smallest absolute Gasteiger partial charge is 0.308 e. The van der Waals surface area contributed by atoms with Crippen molar-refractivity contribution in [3.8, 4) is 22.4 Å². The fourth-order valence-corrected chi connectivity index (χ4v) is 4.12. The van der Waals surface area contributed by atoms with Crippen LogP contribution in [0.25, 0.3) is 28.0 Å². The summed E-state index contributed by atoms with van der Waals surface area (Å²) in [4.78, 5) is 17.8. The summed E-state index contributed by atoms with van der Waals surface area (Å²) in [6.45, 7) is -1.13. The molecule has 2 aromatic carbocycles. The monoisotopic (exact) mass is 494 g/mol. The molecule has 0 bridgehead atoms. The molecule has 4 aromatic rings.